The monoisotopic (exact) mass is 227 g/mol. The van der Waals surface area contributed by atoms with Crippen LogP contribution in [0.15, 0.2) is 30.6 Å². The Morgan fingerprint density at radius 1 is 1.47 bits per heavy atom. The highest BCUT2D eigenvalue weighted by molar-refractivity contribution is 5.68. The molecule has 0 aliphatic heterocycles. The maximum Gasteiger partial charge on any atom is 0.107 e. The molecule has 0 amide bonds. The van der Waals surface area contributed by atoms with E-state index >= 15 is 0 Å². The Hall–Kier alpha value is -2.48. The third-order valence-electron chi connectivity index (χ3n) is 2.41. The molecule has 0 bridgehead atoms. The third kappa shape index (κ3) is 2.75. The van der Waals surface area contributed by atoms with Crippen molar-refractivity contribution in [3.63, 3.8) is 0 Å². The Bertz CT molecular complexity index is 524. The quantitative estimate of drug-likeness (QED) is 0.691. The molecule has 2 aromatic rings. The van der Waals surface area contributed by atoms with Gasteiger partial charge in [0, 0.05) is 25.4 Å². The number of aromatic amines is 1. The normalized spacial score (nSPS) is 9.82. The van der Waals surface area contributed by atoms with Gasteiger partial charge >= 0.3 is 0 Å². The van der Waals surface area contributed by atoms with E-state index in [1.807, 2.05) is 6.07 Å². The number of rotatable bonds is 4. The molecule has 5 heteroatoms. The Kier molecular flexibility index (Phi) is 3.26. The fourth-order valence-electron chi connectivity index (χ4n) is 1.54. The number of nitrogens with two attached hydrogens (primary N) is 1. The van der Waals surface area contributed by atoms with Gasteiger partial charge in [-0.25, -0.2) is 4.98 Å². The maximum absolute atomic E-state index is 8.72. The number of imidazole rings is 1. The molecule has 0 spiro atoms. The van der Waals surface area contributed by atoms with Crippen molar-refractivity contribution in [2.75, 3.05) is 17.6 Å². The SMILES string of the molecule is N#Cc1ccc(NCCc2ncc[nH]2)c(N)c1. The number of nitrogens with one attached hydrogen (secondary N) is 2. The maximum atomic E-state index is 8.72. The molecule has 4 N–H and O–H groups in total. The second-order valence-electron chi connectivity index (χ2n) is 3.63. The van der Waals surface area contributed by atoms with E-state index in [0.717, 1.165) is 24.5 Å². The molecule has 0 saturated carbocycles. The summed E-state index contributed by atoms with van der Waals surface area (Å²) in [4.78, 5) is 7.16. The molecule has 2 rings (SSSR count). The van der Waals surface area contributed by atoms with Crippen LogP contribution in [0, 0.1) is 11.3 Å². The van der Waals surface area contributed by atoms with Gasteiger partial charge in [-0.3, -0.25) is 0 Å². The molecule has 0 aliphatic carbocycles. The van der Waals surface area contributed by atoms with Crippen molar-refractivity contribution < 1.29 is 0 Å². The second kappa shape index (κ2) is 5.03. The number of hydrogen-bond acceptors (Lipinski definition) is 4. The number of nitriles is 1. The summed E-state index contributed by atoms with van der Waals surface area (Å²) in [7, 11) is 0. The molecule has 0 radical (unpaired) electrons. The van der Waals surface area contributed by atoms with Crippen LogP contribution in [0.1, 0.15) is 11.4 Å². The zero-order valence-electron chi connectivity index (χ0n) is 9.27. The van der Waals surface area contributed by atoms with Crippen LogP contribution in [0.2, 0.25) is 0 Å². The van der Waals surface area contributed by atoms with Crippen molar-refractivity contribution in [1.82, 2.24) is 9.97 Å². The first-order chi connectivity index (χ1) is 8.29. The molecule has 0 atom stereocenters. The summed E-state index contributed by atoms with van der Waals surface area (Å²) in [5.41, 5.74) is 7.82. The molecule has 0 saturated heterocycles. The van der Waals surface area contributed by atoms with Crippen LogP contribution in [-0.4, -0.2) is 16.5 Å². The highest BCUT2D eigenvalue weighted by Gasteiger charge is 2.00. The standard InChI is InChI=1S/C12H13N5/c13-8-9-1-2-11(10(14)7-9)15-4-3-12-16-5-6-17-12/h1-2,5-7,15H,3-4,14H2,(H,16,17). The Labute approximate surface area is 99.3 Å². The first kappa shape index (κ1) is 11.0. The minimum atomic E-state index is 0.569. The number of aromatic nitrogens is 2. The molecule has 86 valence electrons. The van der Waals surface area contributed by atoms with E-state index < -0.39 is 0 Å². The van der Waals surface area contributed by atoms with E-state index in [9.17, 15) is 0 Å². The van der Waals surface area contributed by atoms with Crippen LogP contribution in [0.5, 0.6) is 0 Å². The molecular formula is C12H13N5. The van der Waals surface area contributed by atoms with Crippen molar-refractivity contribution in [3.05, 3.63) is 42.0 Å². The van der Waals surface area contributed by atoms with Crippen molar-refractivity contribution in [1.29, 1.82) is 5.26 Å². The minimum Gasteiger partial charge on any atom is -0.397 e. The Balaban J connectivity index is 1.93. The van der Waals surface area contributed by atoms with Gasteiger partial charge in [-0.15, -0.1) is 0 Å². The van der Waals surface area contributed by atoms with Crippen LogP contribution in [0.25, 0.3) is 0 Å². The summed E-state index contributed by atoms with van der Waals surface area (Å²) in [5, 5.41) is 11.9. The van der Waals surface area contributed by atoms with Gasteiger partial charge in [-0.2, -0.15) is 5.26 Å². The summed E-state index contributed by atoms with van der Waals surface area (Å²) in [6.45, 7) is 0.740. The first-order valence-corrected chi connectivity index (χ1v) is 5.31. The van der Waals surface area contributed by atoms with E-state index in [2.05, 4.69) is 21.4 Å². The zero-order valence-corrected chi connectivity index (χ0v) is 9.27. The van der Waals surface area contributed by atoms with E-state index in [4.69, 9.17) is 11.0 Å². The number of nitrogen functional groups attached to an aromatic ring is 1. The molecular weight excluding hydrogens is 214 g/mol. The van der Waals surface area contributed by atoms with Crippen molar-refractivity contribution >= 4 is 11.4 Å². The van der Waals surface area contributed by atoms with E-state index in [-0.39, 0.29) is 0 Å². The van der Waals surface area contributed by atoms with Crippen LogP contribution < -0.4 is 11.1 Å². The van der Waals surface area contributed by atoms with E-state index in [1.54, 1.807) is 24.5 Å². The Morgan fingerprint density at radius 2 is 2.35 bits per heavy atom. The lowest BCUT2D eigenvalue weighted by Gasteiger charge is -2.08. The molecule has 17 heavy (non-hydrogen) atoms. The number of benzene rings is 1. The molecule has 1 aromatic heterocycles. The lowest BCUT2D eigenvalue weighted by molar-refractivity contribution is 0.928. The van der Waals surface area contributed by atoms with Gasteiger partial charge in [-0.1, -0.05) is 0 Å². The highest BCUT2D eigenvalue weighted by atomic mass is 14.9. The summed E-state index contributed by atoms with van der Waals surface area (Å²) in [6.07, 6.45) is 4.32. The number of H-pyrrole nitrogens is 1. The molecule has 1 heterocycles. The smallest absolute Gasteiger partial charge is 0.107 e. The highest BCUT2D eigenvalue weighted by Crippen LogP contribution is 2.19. The summed E-state index contributed by atoms with van der Waals surface area (Å²) < 4.78 is 0. The molecule has 0 unspecified atom stereocenters. The average molecular weight is 227 g/mol. The number of hydrogen-bond donors (Lipinski definition) is 3. The van der Waals surface area contributed by atoms with Crippen molar-refractivity contribution in [2.24, 2.45) is 0 Å². The molecule has 5 nitrogen and oxygen atoms in total. The van der Waals surface area contributed by atoms with Gasteiger partial charge in [0.1, 0.15) is 5.82 Å². The lowest BCUT2D eigenvalue weighted by Crippen LogP contribution is -2.07. The van der Waals surface area contributed by atoms with Crippen LogP contribution in [-0.2, 0) is 6.42 Å². The topological polar surface area (TPSA) is 90.5 Å². The predicted octanol–water partition coefficient (Wildman–Crippen LogP) is 1.52. The van der Waals surface area contributed by atoms with Crippen LogP contribution >= 0.6 is 0 Å². The predicted molar refractivity (Wildman–Crippen MR) is 66.4 cm³/mol. The summed E-state index contributed by atoms with van der Waals surface area (Å²) in [5.74, 6) is 0.935. The zero-order chi connectivity index (χ0) is 12.1. The van der Waals surface area contributed by atoms with Gasteiger partial charge in [0.15, 0.2) is 0 Å². The summed E-state index contributed by atoms with van der Waals surface area (Å²) in [6, 6.07) is 7.27. The first-order valence-electron chi connectivity index (χ1n) is 5.31. The number of nitrogens with zero attached hydrogens (tertiary/aromatic N) is 2. The number of anilines is 2. The fourth-order valence-corrected chi connectivity index (χ4v) is 1.54. The van der Waals surface area contributed by atoms with Gasteiger partial charge in [0.2, 0.25) is 0 Å². The average Bonchev–Trinajstić information content (AvgIpc) is 2.84. The molecule has 0 aliphatic rings. The van der Waals surface area contributed by atoms with E-state index in [1.165, 1.54) is 0 Å². The summed E-state index contributed by atoms with van der Waals surface area (Å²) >= 11 is 0. The van der Waals surface area contributed by atoms with E-state index in [0.29, 0.717) is 11.3 Å². The van der Waals surface area contributed by atoms with Crippen LogP contribution in [0.3, 0.4) is 0 Å². The van der Waals surface area contributed by atoms with Gasteiger partial charge in [0.25, 0.3) is 0 Å². The Morgan fingerprint density at radius 3 is 3.00 bits per heavy atom. The fraction of sp³-hybridized carbons (Fsp3) is 0.167. The van der Waals surface area contributed by atoms with Gasteiger partial charge in [-0.05, 0) is 18.2 Å². The lowest BCUT2D eigenvalue weighted by atomic mass is 10.2. The molecule has 1 aromatic carbocycles. The van der Waals surface area contributed by atoms with Gasteiger partial charge in [0.05, 0.1) is 23.0 Å². The largest absolute Gasteiger partial charge is 0.397 e. The van der Waals surface area contributed by atoms with Gasteiger partial charge < -0.3 is 16.0 Å². The van der Waals surface area contributed by atoms with Crippen LogP contribution in [0.4, 0.5) is 11.4 Å². The minimum absolute atomic E-state index is 0.569. The van der Waals surface area contributed by atoms with Crippen molar-refractivity contribution in [3.8, 4) is 6.07 Å². The second-order valence-corrected chi connectivity index (χ2v) is 3.63. The van der Waals surface area contributed by atoms with Crippen molar-refractivity contribution in [2.45, 2.75) is 6.42 Å². The third-order valence-corrected chi connectivity index (χ3v) is 2.41. The molecule has 0 fully saturated rings.